The molecule has 0 fully saturated rings. The summed E-state index contributed by atoms with van der Waals surface area (Å²) < 4.78 is 6.83. The van der Waals surface area contributed by atoms with Crippen molar-refractivity contribution >= 4 is 23.5 Å². The van der Waals surface area contributed by atoms with Gasteiger partial charge in [-0.3, -0.25) is 9.48 Å². The van der Waals surface area contributed by atoms with Crippen molar-refractivity contribution in [1.29, 1.82) is 0 Å². The van der Waals surface area contributed by atoms with Crippen LogP contribution in [0.15, 0.2) is 36.5 Å². The predicted octanol–water partition coefficient (Wildman–Crippen LogP) is 3.46. The molecule has 0 saturated heterocycles. The normalized spacial score (nSPS) is 10.9. The van der Waals surface area contributed by atoms with Crippen molar-refractivity contribution < 1.29 is 9.53 Å². The molecule has 5 heteroatoms. The van der Waals surface area contributed by atoms with Gasteiger partial charge in [0.15, 0.2) is 5.78 Å². The molecule has 20 heavy (non-hydrogen) atoms. The van der Waals surface area contributed by atoms with Gasteiger partial charge >= 0.3 is 0 Å². The summed E-state index contributed by atoms with van der Waals surface area (Å²) in [6.07, 6.45) is 4.74. The van der Waals surface area contributed by atoms with Crippen LogP contribution in [0.5, 0.6) is 5.75 Å². The molecule has 0 aliphatic carbocycles. The fourth-order valence-electron chi connectivity index (χ4n) is 1.82. The molecule has 0 amide bonds. The van der Waals surface area contributed by atoms with Crippen LogP contribution in [-0.2, 0) is 6.54 Å². The zero-order chi connectivity index (χ0) is 14.5. The highest BCUT2D eigenvalue weighted by Gasteiger charge is 2.07. The quantitative estimate of drug-likeness (QED) is 0.626. The van der Waals surface area contributed by atoms with Crippen LogP contribution in [0.3, 0.4) is 0 Å². The summed E-state index contributed by atoms with van der Waals surface area (Å²) in [7, 11) is 1.57. The number of ketones is 1. The van der Waals surface area contributed by atoms with Gasteiger partial charge in [-0.15, -0.1) is 0 Å². The Morgan fingerprint density at radius 3 is 3.00 bits per heavy atom. The number of benzene rings is 1. The van der Waals surface area contributed by atoms with Crippen LogP contribution < -0.4 is 4.74 Å². The van der Waals surface area contributed by atoms with Crippen LogP contribution in [0.1, 0.15) is 23.0 Å². The van der Waals surface area contributed by atoms with Crippen LogP contribution in [0.4, 0.5) is 0 Å². The van der Waals surface area contributed by atoms with Gasteiger partial charge < -0.3 is 4.74 Å². The average molecular weight is 291 g/mol. The van der Waals surface area contributed by atoms with E-state index in [0.717, 1.165) is 5.69 Å². The molecule has 0 atom stereocenters. The highest BCUT2D eigenvalue weighted by Crippen LogP contribution is 2.18. The standard InChI is InChI=1S/C15H15ClN2O2/c1-3-18-14(13(16)10-17-18)7-8-15(19)11-5-4-6-12(9-11)20-2/h4-10H,3H2,1-2H3/b8-7+. The maximum absolute atomic E-state index is 12.1. The number of nitrogens with zero attached hydrogens (tertiary/aromatic N) is 2. The average Bonchev–Trinajstić information content (AvgIpc) is 2.85. The molecule has 0 bridgehead atoms. The van der Waals surface area contributed by atoms with Gasteiger partial charge in [0.05, 0.1) is 24.0 Å². The number of allylic oxidation sites excluding steroid dienone is 1. The fourth-order valence-corrected chi connectivity index (χ4v) is 2.02. The van der Waals surface area contributed by atoms with Gasteiger partial charge in [-0.1, -0.05) is 23.7 Å². The third kappa shape index (κ3) is 3.08. The van der Waals surface area contributed by atoms with Crippen molar-refractivity contribution in [2.45, 2.75) is 13.5 Å². The van der Waals surface area contributed by atoms with Crippen LogP contribution in [0, 0.1) is 0 Å². The number of hydrogen-bond acceptors (Lipinski definition) is 3. The molecule has 0 radical (unpaired) electrons. The Bertz CT molecular complexity index is 647. The Morgan fingerprint density at radius 1 is 1.50 bits per heavy atom. The number of aromatic nitrogens is 2. The summed E-state index contributed by atoms with van der Waals surface area (Å²) >= 11 is 6.03. The number of carbonyl (C=O) groups excluding carboxylic acids is 1. The van der Waals surface area contributed by atoms with Gasteiger partial charge in [-0.2, -0.15) is 5.10 Å². The van der Waals surface area contributed by atoms with Gasteiger partial charge in [0.2, 0.25) is 0 Å². The zero-order valence-electron chi connectivity index (χ0n) is 11.3. The summed E-state index contributed by atoms with van der Waals surface area (Å²) in [4.78, 5) is 12.1. The number of halogens is 1. The second kappa shape index (κ2) is 6.39. The Morgan fingerprint density at radius 2 is 2.30 bits per heavy atom. The third-order valence-corrected chi connectivity index (χ3v) is 3.17. The van der Waals surface area contributed by atoms with Crippen molar-refractivity contribution in [1.82, 2.24) is 9.78 Å². The van der Waals surface area contributed by atoms with Crippen LogP contribution >= 0.6 is 11.6 Å². The molecular weight excluding hydrogens is 276 g/mol. The lowest BCUT2D eigenvalue weighted by Gasteiger charge is -2.02. The van der Waals surface area contributed by atoms with E-state index in [2.05, 4.69) is 5.10 Å². The minimum absolute atomic E-state index is 0.108. The second-order valence-electron chi connectivity index (χ2n) is 4.12. The molecule has 0 aliphatic heterocycles. The molecule has 2 rings (SSSR count). The lowest BCUT2D eigenvalue weighted by Crippen LogP contribution is -2.00. The summed E-state index contributed by atoms with van der Waals surface area (Å²) in [6, 6.07) is 7.02. The van der Waals surface area contributed by atoms with Crippen LogP contribution in [-0.4, -0.2) is 22.7 Å². The molecule has 0 unspecified atom stereocenters. The van der Waals surface area contributed by atoms with Gasteiger partial charge in [-0.05, 0) is 31.2 Å². The Labute approximate surface area is 122 Å². The highest BCUT2D eigenvalue weighted by molar-refractivity contribution is 6.31. The van der Waals surface area contributed by atoms with E-state index in [1.54, 1.807) is 48.3 Å². The lowest BCUT2D eigenvalue weighted by atomic mass is 10.1. The molecule has 2 aromatic rings. The van der Waals surface area contributed by atoms with E-state index in [1.165, 1.54) is 6.08 Å². The lowest BCUT2D eigenvalue weighted by molar-refractivity contribution is 0.104. The SMILES string of the molecule is CCn1ncc(Cl)c1/C=C/C(=O)c1cccc(OC)c1. The number of ether oxygens (including phenoxy) is 1. The van der Waals surface area contributed by atoms with Gasteiger partial charge in [0.1, 0.15) is 5.75 Å². The van der Waals surface area contributed by atoms with Gasteiger partial charge in [-0.25, -0.2) is 0 Å². The molecule has 4 nitrogen and oxygen atoms in total. The maximum Gasteiger partial charge on any atom is 0.186 e. The van der Waals surface area contributed by atoms with E-state index >= 15 is 0 Å². The number of carbonyl (C=O) groups is 1. The van der Waals surface area contributed by atoms with E-state index < -0.39 is 0 Å². The van der Waals surface area contributed by atoms with Crippen molar-refractivity contribution in [3.05, 3.63) is 52.8 Å². The fraction of sp³-hybridized carbons (Fsp3) is 0.200. The predicted molar refractivity (Wildman–Crippen MR) is 79.3 cm³/mol. The van der Waals surface area contributed by atoms with Crippen molar-refractivity contribution in [2.75, 3.05) is 7.11 Å². The van der Waals surface area contributed by atoms with E-state index in [1.807, 2.05) is 6.92 Å². The molecule has 1 aromatic heterocycles. The summed E-state index contributed by atoms with van der Waals surface area (Å²) in [5.41, 5.74) is 1.30. The summed E-state index contributed by atoms with van der Waals surface area (Å²) in [5, 5.41) is 4.64. The number of methoxy groups -OCH3 is 1. The smallest absolute Gasteiger partial charge is 0.186 e. The number of hydrogen-bond donors (Lipinski definition) is 0. The van der Waals surface area contributed by atoms with Crippen LogP contribution in [0.25, 0.3) is 6.08 Å². The Hall–Kier alpha value is -2.07. The van der Waals surface area contributed by atoms with Gasteiger partial charge in [0.25, 0.3) is 0 Å². The van der Waals surface area contributed by atoms with E-state index in [4.69, 9.17) is 16.3 Å². The molecule has 0 saturated carbocycles. The summed E-state index contributed by atoms with van der Waals surface area (Å²) in [5.74, 6) is 0.546. The molecule has 1 heterocycles. The Balaban J connectivity index is 2.22. The summed E-state index contributed by atoms with van der Waals surface area (Å²) in [6.45, 7) is 2.66. The van der Waals surface area contributed by atoms with Crippen molar-refractivity contribution in [2.24, 2.45) is 0 Å². The number of rotatable bonds is 5. The molecular formula is C15H15ClN2O2. The van der Waals surface area contributed by atoms with Crippen molar-refractivity contribution in [3.63, 3.8) is 0 Å². The third-order valence-electron chi connectivity index (χ3n) is 2.88. The van der Waals surface area contributed by atoms with E-state index in [0.29, 0.717) is 22.9 Å². The molecule has 104 valence electrons. The van der Waals surface area contributed by atoms with E-state index in [9.17, 15) is 4.79 Å². The van der Waals surface area contributed by atoms with Gasteiger partial charge in [0, 0.05) is 12.1 Å². The molecule has 0 spiro atoms. The van der Waals surface area contributed by atoms with E-state index in [-0.39, 0.29) is 5.78 Å². The topological polar surface area (TPSA) is 44.1 Å². The molecule has 1 aromatic carbocycles. The monoisotopic (exact) mass is 290 g/mol. The zero-order valence-corrected chi connectivity index (χ0v) is 12.1. The minimum Gasteiger partial charge on any atom is -0.497 e. The first kappa shape index (κ1) is 14.3. The number of aryl methyl sites for hydroxylation is 1. The first-order valence-corrected chi connectivity index (χ1v) is 6.61. The first-order chi connectivity index (χ1) is 9.65. The highest BCUT2D eigenvalue weighted by atomic mass is 35.5. The second-order valence-corrected chi connectivity index (χ2v) is 4.53. The largest absolute Gasteiger partial charge is 0.497 e. The van der Waals surface area contributed by atoms with Crippen molar-refractivity contribution in [3.8, 4) is 5.75 Å². The first-order valence-electron chi connectivity index (χ1n) is 6.23. The minimum atomic E-state index is -0.108. The Kier molecular flexibility index (Phi) is 4.58. The molecule has 0 N–H and O–H groups in total. The van der Waals surface area contributed by atoms with Crippen LogP contribution in [0.2, 0.25) is 5.02 Å². The maximum atomic E-state index is 12.1. The molecule has 0 aliphatic rings.